The van der Waals surface area contributed by atoms with E-state index >= 15 is 0 Å². The first-order valence-electron chi connectivity index (χ1n) is 8.75. The van der Waals surface area contributed by atoms with Gasteiger partial charge in [-0.05, 0) is 56.0 Å². The van der Waals surface area contributed by atoms with Gasteiger partial charge in [-0.2, -0.15) is 0 Å². The minimum atomic E-state index is 0.481. The molecule has 0 radical (unpaired) electrons. The Balaban J connectivity index is 2.72. The van der Waals surface area contributed by atoms with E-state index in [1.54, 1.807) is 0 Å². The van der Waals surface area contributed by atoms with Crippen LogP contribution in [0, 0.1) is 23.2 Å². The molecule has 0 spiro atoms. The maximum atomic E-state index is 6.06. The highest BCUT2D eigenvalue weighted by molar-refractivity contribution is 4.91. The molecule has 0 aromatic rings. The van der Waals surface area contributed by atoms with E-state index in [2.05, 4.69) is 46.6 Å². The van der Waals surface area contributed by atoms with Crippen molar-refractivity contribution in [1.82, 2.24) is 4.90 Å². The van der Waals surface area contributed by atoms with E-state index in [9.17, 15) is 0 Å². The van der Waals surface area contributed by atoms with Gasteiger partial charge >= 0.3 is 0 Å². The molecule has 1 rings (SSSR count). The van der Waals surface area contributed by atoms with Crippen LogP contribution in [0.25, 0.3) is 0 Å². The van der Waals surface area contributed by atoms with E-state index in [1.807, 2.05) is 0 Å². The van der Waals surface area contributed by atoms with Crippen LogP contribution in [0.5, 0.6) is 0 Å². The average Bonchev–Trinajstić information content (AvgIpc) is 2.46. The normalized spacial score (nSPS) is 29.7. The van der Waals surface area contributed by atoms with E-state index in [1.165, 1.54) is 38.6 Å². The van der Waals surface area contributed by atoms with Crippen LogP contribution in [0.1, 0.15) is 66.7 Å². The molecule has 0 aromatic carbocycles. The van der Waals surface area contributed by atoms with Crippen LogP contribution in [0.4, 0.5) is 0 Å². The standard InChI is InChI=1S/C18H38N2/c1-7-14(3)13-20(6)17-11-16(18(4,5)8-2)10-9-15(17)12-19/h14-17H,7-13,19H2,1-6H3. The van der Waals surface area contributed by atoms with Crippen molar-refractivity contribution in [3.05, 3.63) is 0 Å². The second kappa shape index (κ2) is 7.79. The summed E-state index contributed by atoms with van der Waals surface area (Å²) in [5, 5.41) is 0. The summed E-state index contributed by atoms with van der Waals surface area (Å²) in [4.78, 5) is 2.61. The smallest absolute Gasteiger partial charge is 0.0135 e. The first-order chi connectivity index (χ1) is 9.35. The Morgan fingerprint density at radius 2 is 1.90 bits per heavy atom. The molecule has 1 aliphatic rings. The van der Waals surface area contributed by atoms with E-state index < -0.39 is 0 Å². The molecule has 2 N–H and O–H groups in total. The zero-order valence-corrected chi connectivity index (χ0v) is 14.8. The van der Waals surface area contributed by atoms with Gasteiger partial charge in [-0.15, -0.1) is 0 Å². The number of rotatable bonds is 7. The van der Waals surface area contributed by atoms with Crippen LogP contribution in [-0.2, 0) is 0 Å². The SMILES string of the molecule is CCC(C)CN(C)C1CC(C(C)(C)CC)CCC1CN. The summed E-state index contributed by atoms with van der Waals surface area (Å²) in [6.07, 6.45) is 6.59. The highest BCUT2D eigenvalue weighted by atomic mass is 15.1. The summed E-state index contributed by atoms with van der Waals surface area (Å²) in [6.45, 7) is 14.0. The maximum absolute atomic E-state index is 6.06. The predicted molar refractivity (Wildman–Crippen MR) is 89.8 cm³/mol. The molecule has 2 nitrogen and oxygen atoms in total. The van der Waals surface area contributed by atoms with Crippen molar-refractivity contribution in [2.45, 2.75) is 72.8 Å². The highest BCUT2D eigenvalue weighted by Crippen LogP contribution is 2.43. The van der Waals surface area contributed by atoms with Crippen molar-refractivity contribution in [3.8, 4) is 0 Å². The van der Waals surface area contributed by atoms with Gasteiger partial charge in [0, 0.05) is 12.6 Å². The molecule has 0 bridgehead atoms. The summed E-state index contributed by atoms with van der Waals surface area (Å²) in [5.74, 6) is 2.35. The van der Waals surface area contributed by atoms with Crippen molar-refractivity contribution in [2.75, 3.05) is 20.1 Å². The van der Waals surface area contributed by atoms with E-state index in [4.69, 9.17) is 5.73 Å². The molecule has 2 heteroatoms. The summed E-state index contributed by atoms with van der Waals surface area (Å²) < 4.78 is 0. The van der Waals surface area contributed by atoms with Crippen LogP contribution in [0.15, 0.2) is 0 Å². The van der Waals surface area contributed by atoms with Gasteiger partial charge in [0.25, 0.3) is 0 Å². The van der Waals surface area contributed by atoms with Crippen molar-refractivity contribution < 1.29 is 0 Å². The Labute approximate surface area is 127 Å². The van der Waals surface area contributed by atoms with Gasteiger partial charge in [0.15, 0.2) is 0 Å². The number of nitrogens with zero attached hydrogens (tertiary/aromatic N) is 1. The van der Waals surface area contributed by atoms with Crippen molar-refractivity contribution in [3.63, 3.8) is 0 Å². The third-order valence-electron chi connectivity index (χ3n) is 6.14. The summed E-state index contributed by atoms with van der Waals surface area (Å²) in [7, 11) is 2.32. The summed E-state index contributed by atoms with van der Waals surface area (Å²) in [5.41, 5.74) is 6.54. The molecule has 4 unspecified atom stereocenters. The van der Waals surface area contributed by atoms with E-state index in [0.29, 0.717) is 17.4 Å². The van der Waals surface area contributed by atoms with Crippen molar-refractivity contribution >= 4 is 0 Å². The van der Waals surface area contributed by atoms with Crippen LogP contribution in [-0.4, -0.2) is 31.1 Å². The maximum Gasteiger partial charge on any atom is 0.0135 e. The Hall–Kier alpha value is -0.0800. The molecule has 4 atom stereocenters. The average molecular weight is 283 g/mol. The molecular weight excluding hydrogens is 244 g/mol. The van der Waals surface area contributed by atoms with Gasteiger partial charge in [-0.3, -0.25) is 0 Å². The molecule has 0 aliphatic heterocycles. The van der Waals surface area contributed by atoms with Crippen LogP contribution < -0.4 is 5.73 Å². The van der Waals surface area contributed by atoms with Crippen LogP contribution >= 0.6 is 0 Å². The Morgan fingerprint density at radius 3 is 2.40 bits per heavy atom. The van der Waals surface area contributed by atoms with E-state index in [0.717, 1.165) is 18.4 Å². The first-order valence-corrected chi connectivity index (χ1v) is 8.75. The molecule has 1 fully saturated rings. The number of nitrogens with two attached hydrogens (primary N) is 1. The van der Waals surface area contributed by atoms with Crippen LogP contribution in [0.2, 0.25) is 0 Å². The molecule has 0 amide bonds. The van der Waals surface area contributed by atoms with E-state index in [-0.39, 0.29) is 0 Å². The lowest BCUT2D eigenvalue weighted by atomic mass is 9.65. The van der Waals surface area contributed by atoms with Gasteiger partial charge in [0.2, 0.25) is 0 Å². The monoisotopic (exact) mass is 282 g/mol. The molecule has 1 saturated carbocycles. The molecule has 0 heterocycles. The van der Waals surface area contributed by atoms with Gasteiger partial charge in [0.1, 0.15) is 0 Å². The highest BCUT2D eigenvalue weighted by Gasteiger charge is 2.38. The zero-order valence-electron chi connectivity index (χ0n) is 14.8. The third kappa shape index (κ3) is 4.46. The summed E-state index contributed by atoms with van der Waals surface area (Å²) >= 11 is 0. The van der Waals surface area contributed by atoms with Crippen molar-refractivity contribution in [2.24, 2.45) is 28.9 Å². The largest absolute Gasteiger partial charge is 0.330 e. The minimum Gasteiger partial charge on any atom is -0.330 e. The Morgan fingerprint density at radius 1 is 1.25 bits per heavy atom. The first kappa shape index (κ1) is 18.0. The molecular formula is C18H38N2. The lowest BCUT2D eigenvalue weighted by molar-refractivity contribution is 0.0441. The molecule has 120 valence electrons. The predicted octanol–water partition coefficient (Wildman–Crippen LogP) is 4.14. The van der Waals surface area contributed by atoms with Gasteiger partial charge in [0.05, 0.1) is 0 Å². The number of hydrogen-bond donors (Lipinski definition) is 1. The number of hydrogen-bond acceptors (Lipinski definition) is 2. The van der Waals surface area contributed by atoms with Gasteiger partial charge in [-0.1, -0.05) is 47.5 Å². The fourth-order valence-corrected chi connectivity index (χ4v) is 3.78. The summed E-state index contributed by atoms with van der Waals surface area (Å²) in [6, 6.07) is 0.693. The quantitative estimate of drug-likeness (QED) is 0.760. The van der Waals surface area contributed by atoms with Crippen LogP contribution in [0.3, 0.4) is 0 Å². The molecule has 1 aliphatic carbocycles. The second-order valence-electron chi connectivity index (χ2n) is 7.87. The van der Waals surface area contributed by atoms with Gasteiger partial charge < -0.3 is 10.6 Å². The Kier molecular flexibility index (Phi) is 7.00. The fraction of sp³-hybridized carbons (Fsp3) is 1.00. The minimum absolute atomic E-state index is 0.481. The second-order valence-corrected chi connectivity index (χ2v) is 7.87. The zero-order chi connectivity index (χ0) is 15.3. The lowest BCUT2D eigenvalue weighted by Gasteiger charge is -2.46. The van der Waals surface area contributed by atoms with Crippen molar-refractivity contribution in [1.29, 1.82) is 0 Å². The molecule has 0 saturated heterocycles. The topological polar surface area (TPSA) is 29.3 Å². The third-order valence-corrected chi connectivity index (χ3v) is 6.14. The van der Waals surface area contributed by atoms with Gasteiger partial charge in [-0.25, -0.2) is 0 Å². The molecule has 0 aromatic heterocycles. The Bertz CT molecular complexity index is 275. The lowest BCUT2D eigenvalue weighted by Crippen LogP contribution is -2.48. The molecule has 20 heavy (non-hydrogen) atoms. The fourth-order valence-electron chi connectivity index (χ4n) is 3.78.